The van der Waals surface area contributed by atoms with Crippen LogP contribution in [0.4, 0.5) is 0 Å². The number of nitrogens with zero attached hydrogens (tertiary/aromatic N) is 2. The van der Waals surface area contributed by atoms with Gasteiger partial charge in [0.15, 0.2) is 0 Å². The smallest absolute Gasteiger partial charge is 0.321 e. The first-order valence-corrected chi connectivity index (χ1v) is 7.23. The van der Waals surface area contributed by atoms with Gasteiger partial charge in [-0.25, -0.2) is 0 Å². The van der Waals surface area contributed by atoms with Crippen LogP contribution in [-0.2, 0) is 4.79 Å². The van der Waals surface area contributed by atoms with E-state index in [0.717, 1.165) is 57.8 Å². The topological polar surface area (TPSA) is 43.8 Å². The SMILES string of the molecule is CC1CCN([C@H](C(=O)O)C2CCN(C)CC2)CC1. The Kier molecular flexibility index (Phi) is 4.62. The fraction of sp³-hybridized carbons (Fsp3) is 0.929. The second-order valence-corrected chi connectivity index (χ2v) is 6.14. The van der Waals surface area contributed by atoms with Gasteiger partial charge in [-0.15, -0.1) is 0 Å². The van der Waals surface area contributed by atoms with Crippen molar-refractivity contribution in [2.75, 3.05) is 33.2 Å². The van der Waals surface area contributed by atoms with E-state index < -0.39 is 5.97 Å². The number of carbonyl (C=O) groups is 1. The van der Waals surface area contributed by atoms with Crippen molar-refractivity contribution in [3.8, 4) is 0 Å². The van der Waals surface area contributed by atoms with Gasteiger partial charge in [0.2, 0.25) is 0 Å². The maximum Gasteiger partial charge on any atom is 0.321 e. The zero-order valence-corrected chi connectivity index (χ0v) is 11.6. The summed E-state index contributed by atoms with van der Waals surface area (Å²) in [6, 6.07) is -0.244. The minimum absolute atomic E-state index is 0.244. The highest BCUT2D eigenvalue weighted by atomic mass is 16.4. The van der Waals surface area contributed by atoms with Gasteiger partial charge in [0.1, 0.15) is 6.04 Å². The Labute approximate surface area is 110 Å². The lowest BCUT2D eigenvalue weighted by Gasteiger charge is -2.40. The molecule has 2 fully saturated rings. The normalized spacial score (nSPS) is 27.2. The van der Waals surface area contributed by atoms with Crippen molar-refractivity contribution in [2.45, 2.75) is 38.6 Å². The molecule has 4 nitrogen and oxygen atoms in total. The van der Waals surface area contributed by atoms with E-state index in [1.165, 1.54) is 0 Å². The predicted molar refractivity (Wildman–Crippen MR) is 71.6 cm³/mol. The van der Waals surface area contributed by atoms with Crippen molar-refractivity contribution in [2.24, 2.45) is 11.8 Å². The Morgan fingerprint density at radius 2 is 1.67 bits per heavy atom. The molecule has 2 saturated heterocycles. The number of piperidine rings is 2. The first-order valence-electron chi connectivity index (χ1n) is 7.23. The quantitative estimate of drug-likeness (QED) is 0.829. The van der Waals surface area contributed by atoms with Gasteiger partial charge in [0, 0.05) is 0 Å². The van der Waals surface area contributed by atoms with Gasteiger partial charge in [-0.05, 0) is 70.7 Å². The zero-order valence-electron chi connectivity index (χ0n) is 11.6. The molecule has 2 aliphatic rings. The largest absolute Gasteiger partial charge is 0.480 e. The summed E-state index contributed by atoms with van der Waals surface area (Å²) in [6.07, 6.45) is 4.35. The van der Waals surface area contributed by atoms with Crippen LogP contribution in [0.5, 0.6) is 0 Å². The molecular formula is C14H26N2O2. The minimum atomic E-state index is -0.612. The zero-order chi connectivity index (χ0) is 13.1. The van der Waals surface area contributed by atoms with Crippen LogP contribution in [0.1, 0.15) is 32.6 Å². The van der Waals surface area contributed by atoms with Crippen molar-refractivity contribution in [1.82, 2.24) is 9.80 Å². The fourth-order valence-electron chi connectivity index (χ4n) is 3.31. The molecule has 1 atom stereocenters. The van der Waals surface area contributed by atoms with Crippen molar-refractivity contribution >= 4 is 5.97 Å². The standard InChI is InChI=1S/C14H26N2O2/c1-11-3-9-16(10-4-11)13(14(17)18)12-5-7-15(2)8-6-12/h11-13H,3-10H2,1-2H3,(H,17,18)/t13-/m0/s1. The van der Waals surface area contributed by atoms with Gasteiger partial charge in [-0.2, -0.15) is 0 Å². The number of hydrogen-bond donors (Lipinski definition) is 1. The number of likely N-dealkylation sites (tertiary alicyclic amines) is 2. The minimum Gasteiger partial charge on any atom is -0.480 e. The number of aliphatic carboxylic acids is 1. The van der Waals surface area contributed by atoms with Crippen LogP contribution < -0.4 is 0 Å². The number of hydrogen-bond acceptors (Lipinski definition) is 3. The van der Waals surface area contributed by atoms with Crippen LogP contribution >= 0.6 is 0 Å². The van der Waals surface area contributed by atoms with Gasteiger partial charge in [-0.1, -0.05) is 6.92 Å². The number of carboxylic acids is 1. The van der Waals surface area contributed by atoms with E-state index in [9.17, 15) is 9.90 Å². The molecule has 0 bridgehead atoms. The van der Waals surface area contributed by atoms with Crippen LogP contribution in [0.2, 0.25) is 0 Å². The monoisotopic (exact) mass is 254 g/mol. The van der Waals surface area contributed by atoms with Crippen LogP contribution in [0.25, 0.3) is 0 Å². The lowest BCUT2D eigenvalue weighted by Crippen LogP contribution is -2.51. The molecule has 4 heteroatoms. The molecule has 2 heterocycles. The van der Waals surface area contributed by atoms with E-state index in [1.807, 2.05) is 0 Å². The summed E-state index contributed by atoms with van der Waals surface area (Å²) < 4.78 is 0. The molecule has 2 aliphatic heterocycles. The summed E-state index contributed by atoms with van der Waals surface area (Å²) in [6.45, 7) is 6.27. The summed E-state index contributed by atoms with van der Waals surface area (Å²) in [4.78, 5) is 16.1. The third kappa shape index (κ3) is 3.23. The molecule has 0 aromatic carbocycles. The molecule has 18 heavy (non-hydrogen) atoms. The predicted octanol–water partition coefficient (Wildman–Crippen LogP) is 1.51. The van der Waals surface area contributed by atoms with Gasteiger partial charge < -0.3 is 10.0 Å². The second kappa shape index (κ2) is 6.02. The van der Waals surface area contributed by atoms with Gasteiger partial charge in [-0.3, -0.25) is 9.69 Å². The molecule has 0 radical (unpaired) electrons. The van der Waals surface area contributed by atoms with E-state index in [-0.39, 0.29) is 6.04 Å². The molecule has 0 saturated carbocycles. The highest BCUT2D eigenvalue weighted by Crippen LogP contribution is 2.27. The van der Waals surface area contributed by atoms with Crippen molar-refractivity contribution in [3.05, 3.63) is 0 Å². The van der Waals surface area contributed by atoms with Crippen LogP contribution in [-0.4, -0.2) is 60.1 Å². The summed E-state index contributed by atoms with van der Waals surface area (Å²) in [7, 11) is 2.12. The Balaban J connectivity index is 1.97. The maximum absolute atomic E-state index is 11.6. The molecular weight excluding hydrogens is 228 g/mol. The highest BCUT2D eigenvalue weighted by Gasteiger charge is 2.36. The Hall–Kier alpha value is -0.610. The third-order valence-corrected chi connectivity index (χ3v) is 4.67. The summed E-state index contributed by atoms with van der Waals surface area (Å²) in [5, 5.41) is 9.55. The van der Waals surface area contributed by atoms with Crippen molar-refractivity contribution in [3.63, 3.8) is 0 Å². The third-order valence-electron chi connectivity index (χ3n) is 4.67. The number of carboxylic acid groups (broad SMARTS) is 1. The van der Waals surface area contributed by atoms with E-state index >= 15 is 0 Å². The summed E-state index contributed by atoms with van der Waals surface area (Å²) >= 11 is 0. The van der Waals surface area contributed by atoms with Crippen molar-refractivity contribution < 1.29 is 9.90 Å². The number of rotatable bonds is 3. The average molecular weight is 254 g/mol. The molecule has 104 valence electrons. The van der Waals surface area contributed by atoms with E-state index in [4.69, 9.17) is 0 Å². The van der Waals surface area contributed by atoms with Crippen LogP contribution in [0.15, 0.2) is 0 Å². The van der Waals surface area contributed by atoms with E-state index in [2.05, 4.69) is 23.8 Å². The van der Waals surface area contributed by atoms with E-state index in [0.29, 0.717) is 5.92 Å². The first kappa shape index (κ1) is 13.8. The summed E-state index contributed by atoms with van der Waals surface area (Å²) in [5.41, 5.74) is 0. The highest BCUT2D eigenvalue weighted by molar-refractivity contribution is 5.74. The molecule has 0 aromatic rings. The van der Waals surface area contributed by atoms with Gasteiger partial charge >= 0.3 is 5.97 Å². The molecule has 0 aromatic heterocycles. The van der Waals surface area contributed by atoms with E-state index in [1.54, 1.807) is 0 Å². The molecule has 2 rings (SSSR count). The van der Waals surface area contributed by atoms with Crippen molar-refractivity contribution in [1.29, 1.82) is 0 Å². The maximum atomic E-state index is 11.6. The van der Waals surface area contributed by atoms with Gasteiger partial charge in [0.25, 0.3) is 0 Å². The lowest BCUT2D eigenvalue weighted by molar-refractivity contribution is -0.147. The first-order chi connectivity index (χ1) is 8.58. The second-order valence-electron chi connectivity index (χ2n) is 6.14. The summed E-state index contributed by atoms with van der Waals surface area (Å²) in [5.74, 6) is 0.486. The molecule has 0 spiro atoms. The van der Waals surface area contributed by atoms with Crippen LogP contribution in [0.3, 0.4) is 0 Å². The lowest BCUT2D eigenvalue weighted by atomic mass is 9.86. The molecule has 0 aliphatic carbocycles. The van der Waals surface area contributed by atoms with Gasteiger partial charge in [0.05, 0.1) is 0 Å². The Morgan fingerprint density at radius 3 is 2.17 bits per heavy atom. The molecule has 0 amide bonds. The average Bonchev–Trinajstić information content (AvgIpc) is 2.34. The molecule has 0 unspecified atom stereocenters. The fourth-order valence-corrected chi connectivity index (χ4v) is 3.31. The Bertz CT molecular complexity index is 258. The Morgan fingerprint density at radius 1 is 1.11 bits per heavy atom. The molecule has 1 N–H and O–H groups in total. The van der Waals surface area contributed by atoms with Crippen LogP contribution in [0, 0.1) is 11.8 Å².